The quantitative estimate of drug-likeness (QED) is 0.511. The summed E-state index contributed by atoms with van der Waals surface area (Å²) in [6, 6.07) is 2.54. The van der Waals surface area contributed by atoms with Gasteiger partial charge in [0.15, 0.2) is 11.6 Å². The lowest BCUT2D eigenvalue weighted by molar-refractivity contribution is 0.504. The van der Waals surface area contributed by atoms with Crippen LogP contribution in [0.15, 0.2) is 12.1 Å². The summed E-state index contributed by atoms with van der Waals surface area (Å²) >= 11 is 0. The molecule has 0 aliphatic heterocycles. The van der Waals surface area contributed by atoms with E-state index in [1.54, 1.807) is 0 Å². The highest BCUT2D eigenvalue weighted by Crippen LogP contribution is 2.14. The highest BCUT2D eigenvalue weighted by molar-refractivity contribution is 5.42. The Kier molecular flexibility index (Phi) is 2.12. The first-order valence-electron chi connectivity index (χ1n) is 3.12. The number of rotatable bonds is 0. The van der Waals surface area contributed by atoms with E-state index in [1.165, 1.54) is 12.1 Å². The molecule has 0 saturated heterocycles. The minimum absolute atomic E-state index is 0.119. The van der Waals surface area contributed by atoms with Crippen molar-refractivity contribution in [2.45, 2.75) is 0 Å². The molecule has 0 saturated carbocycles. The fraction of sp³-hybridized carbons (Fsp3) is 0. The van der Waals surface area contributed by atoms with Gasteiger partial charge < -0.3 is 0 Å². The largest absolute Gasteiger partial charge is 0.202 e. The Bertz CT molecular complexity index is 353. The van der Waals surface area contributed by atoms with Crippen LogP contribution in [0.1, 0.15) is 11.1 Å². The van der Waals surface area contributed by atoms with Crippen LogP contribution in [0, 0.1) is 36.3 Å². The Morgan fingerprint density at radius 1 is 0.917 bits per heavy atom. The molecule has 0 radical (unpaired) electrons. The van der Waals surface area contributed by atoms with Crippen LogP contribution in [-0.4, -0.2) is 0 Å². The van der Waals surface area contributed by atoms with Gasteiger partial charge in [-0.05, 0) is 12.1 Å². The van der Waals surface area contributed by atoms with Crippen molar-refractivity contribution in [2.24, 2.45) is 0 Å². The van der Waals surface area contributed by atoms with E-state index < -0.39 is 11.6 Å². The van der Waals surface area contributed by atoms with Gasteiger partial charge in [0.2, 0.25) is 0 Å². The van der Waals surface area contributed by atoms with Gasteiger partial charge in [0.05, 0.1) is 11.1 Å². The predicted octanol–water partition coefficient (Wildman–Crippen LogP) is 1.93. The molecule has 1 rings (SSSR count). The highest BCUT2D eigenvalue weighted by atomic mass is 19.2. The van der Waals surface area contributed by atoms with Gasteiger partial charge in [-0.25, -0.2) is 8.78 Å². The van der Waals surface area contributed by atoms with Crippen molar-refractivity contribution < 1.29 is 8.78 Å². The maximum atomic E-state index is 12.8. The minimum atomic E-state index is -1.06. The van der Waals surface area contributed by atoms with Crippen molar-refractivity contribution in [2.75, 3.05) is 0 Å². The SMILES string of the molecule is C#Cc1ccc(C#C)c(F)c1F. The molecule has 1 aromatic carbocycles. The summed E-state index contributed by atoms with van der Waals surface area (Å²) in [7, 11) is 0. The Hall–Kier alpha value is -1.80. The van der Waals surface area contributed by atoms with E-state index in [9.17, 15) is 8.78 Å². The Labute approximate surface area is 69.2 Å². The molecule has 0 unspecified atom stereocenters. The molecule has 0 nitrogen and oxygen atoms in total. The maximum absolute atomic E-state index is 12.8. The number of hydrogen-bond donors (Lipinski definition) is 0. The minimum Gasteiger partial charge on any atom is -0.202 e. The summed E-state index contributed by atoms with van der Waals surface area (Å²) in [4.78, 5) is 0. The number of halogens is 2. The normalized spacial score (nSPS) is 8.67. The van der Waals surface area contributed by atoms with Crippen LogP contribution in [0.5, 0.6) is 0 Å². The van der Waals surface area contributed by atoms with E-state index in [-0.39, 0.29) is 11.1 Å². The van der Waals surface area contributed by atoms with Crippen LogP contribution in [0.3, 0.4) is 0 Å². The zero-order valence-corrected chi connectivity index (χ0v) is 6.07. The van der Waals surface area contributed by atoms with Gasteiger partial charge >= 0.3 is 0 Å². The zero-order valence-electron chi connectivity index (χ0n) is 6.07. The van der Waals surface area contributed by atoms with E-state index in [0.717, 1.165) is 0 Å². The fourth-order valence-electron chi connectivity index (χ4n) is 0.772. The monoisotopic (exact) mass is 162 g/mol. The van der Waals surface area contributed by atoms with Crippen molar-refractivity contribution >= 4 is 0 Å². The second-order valence-corrected chi connectivity index (χ2v) is 2.08. The van der Waals surface area contributed by atoms with E-state index in [4.69, 9.17) is 12.8 Å². The summed E-state index contributed by atoms with van der Waals surface area (Å²) in [6.45, 7) is 0. The molecular formula is C10H4F2. The molecule has 2 heteroatoms. The van der Waals surface area contributed by atoms with Crippen molar-refractivity contribution in [3.05, 3.63) is 34.9 Å². The third-order valence-electron chi connectivity index (χ3n) is 1.39. The van der Waals surface area contributed by atoms with E-state index in [2.05, 4.69) is 0 Å². The summed E-state index contributed by atoms with van der Waals surface area (Å²) in [5, 5.41) is 0. The Morgan fingerprint density at radius 2 is 1.25 bits per heavy atom. The molecular weight excluding hydrogens is 158 g/mol. The molecule has 0 fully saturated rings. The molecule has 0 aromatic heterocycles. The predicted molar refractivity (Wildman–Crippen MR) is 42.2 cm³/mol. The number of terminal acetylenes is 2. The topological polar surface area (TPSA) is 0 Å². The standard InChI is InChI=1S/C10H4F2/c1-3-7-5-6-8(4-2)10(12)9(7)11/h1-2,5-6H. The van der Waals surface area contributed by atoms with Crippen molar-refractivity contribution in [1.82, 2.24) is 0 Å². The summed E-state index contributed by atoms with van der Waals surface area (Å²) < 4.78 is 25.7. The lowest BCUT2D eigenvalue weighted by atomic mass is 10.1. The molecule has 0 atom stereocenters. The second kappa shape index (κ2) is 3.07. The van der Waals surface area contributed by atoms with Gasteiger partial charge in [-0.15, -0.1) is 12.8 Å². The fourth-order valence-corrected chi connectivity index (χ4v) is 0.772. The second-order valence-electron chi connectivity index (χ2n) is 2.08. The van der Waals surface area contributed by atoms with Gasteiger partial charge in [0, 0.05) is 0 Å². The van der Waals surface area contributed by atoms with Crippen molar-refractivity contribution in [1.29, 1.82) is 0 Å². The van der Waals surface area contributed by atoms with Crippen LogP contribution in [-0.2, 0) is 0 Å². The van der Waals surface area contributed by atoms with Gasteiger partial charge in [-0.2, -0.15) is 0 Å². The van der Waals surface area contributed by atoms with E-state index in [0.29, 0.717) is 0 Å². The molecule has 0 spiro atoms. The van der Waals surface area contributed by atoms with Crippen molar-refractivity contribution in [3.8, 4) is 24.7 Å². The summed E-state index contributed by atoms with van der Waals surface area (Å²) in [5.41, 5.74) is -0.238. The van der Waals surface area contributed by atoms with Gasteiger partial charge in [-0.1, -0.05) is 11.8 Å². The van der Waals surface area contributed by atoms with Crippen LogP contribution >= 0.6 is 0 Å². The number of benzene rings is 1. The molecule has 1 aromatic rings. The summed E-state index contributed by atoms with van der Waals surface area (Å²) in [6.07, 6.45) is 9.81. The third-order valence-corrected chi connectivity index (χ3v) is 1.39. The van der Waals surface area contributed by atoms with Crippen LogP contribution in [0.25, 0.3) is 0 Å². The highest BCUT2D eigenvalue weighted by Gasteiger charge is 2.09. The molecule has 58 valence electrons. The third kappa shape index (κ3) is 1.15. The number of hydrogen-bond acceptors (Lipinski definition) is 0. The molecule has 0 heterocycles. The zero-order chi connectivity index (χ0) is 9.14. The molecule has 0 aliphatic rings. The molecule has 0 bridgehead atoms. The molecule has 0 amide bonds. The van der Waals surface area contributed by atoms with Gasteiger partial charge in [0.25, 0.3) is 0 Å². The average molecular weight is 162 g/mol. The van der Waals surface area contributed by atoms with E-state index in [1.807, 2.05) is 11.8 Å². The molecule has 0 aliphatic carbocycles. The first-order chi connectivity index (χ1) is 5.70. The first-order valence-corrected chi connectivity index (χ1v) is 3.12. The summed E-state index contributed by atoms with van der Waals surface area (Å²) in [5.74, 6) is 1.88. The first kappa shape index (κ1) is 8.30. The smallest absolute Gasteiger partial charge is 0.175 e. The van der Waals surface area contributed by atoms with Crippen LogP contribution < -0.4 is 0 Å². The van der Waals surface area contributed by atoms with Crippen LogP contribution in [0.2, 0.25) is 0 Å². The van der Waals surface area contributed by atoms with E-state index >= 15 is 0 Å². The Morgan fingerprint density at radius 3 is 1.50 bits per heavy atom. The Balaban J connectivity index is 3.45. The molecule has 0 N–H and O–H groups in total. The molecule has 12 heavy (non-hydrogen) atoms. The average Bonchev–Trinajstić information content (AvgIpc) is 2.10. The van der Waals surface area contributed by atoms with Crippen LogP contribution in [0.4, 0.5) is 8.78 Å². The maximum Gasteiger partial charge on any atom is 0.175 e. The van der Waals surface area contributed by atoms with Gasteiger partial charge in [0.1, 0.15) is 0 Å². The van der Waals surface area contributed by atoms with Gasteiger partial charge in [-0.3, -0.25) is 0 Å². The van der Waals surface area contributed by atoms with Crippen molar-refractivity contribution in [3.63, 3.8) is 0 Å². The lowest BCUT2D eigenvalue weighted by Crippen LogP contribution is -1.93. The lowest BCUT2D eigenvalue weighted by Gasteiger charge is -1.97.